The fraction of sp³-hybridized carbons (Fsp3) is 0.0488. The maximum absolute atomic E-state index is 15.8. The molecule has 0 aliphatic carbocycles. The van der Waals surface area contributed by atoms with Crippen molar-refractivity contribution in [2.45, 2.75) is 13.1 Å². The summed E-state index contributed by atoms with van der Waals surface area (Å²) in [5.41, 5.74) is 4.64. The van der Waals surface area contributed by atoms with Gasteiger partial charge in [0.15, 0.2) is 35.7 Å². The largest absolute Gasteiger partial charge is 0.354 e. The lowest BCUT2D eigenvalue weighted by Gasteiger charge is -2.10. The Hall–Kier alpha value is -6.98. The number of fused-ring (bicyclic) bond motifs is 9. The van der Waals surface area contributed by atoms with Gasteiger partial charge in [-0.25, -0.2) is 26.9 Å². The molecule has 1 aliphatic rings. The van der Waals surface area contributed by atoms with E-state index in [0.717, 1.165) is 11.0 Å². The summed E-state index contributed by atoms with van der Waals surface area (Å²) in [6, 6.07) is 21.8. The van der Waals surface area contributed by atoms with Crippen LogP contribution in [0.3, 0.4) is 0 Å². The number of pyridine rings is 2. The number of nitrogens with one attached hydrogen (secondary N) is 3. The van der Waals surface area contributed by atoms with Gasteiger partial charge in [0.1, 0.15) is 0 Å². The van der Waals surface area contributed by atoms with Crippen molar-refractivity contribution in [1.29, 1.82) is 0 Å². The highest BCUT2D eigenvalue weighted by molar-refractivity contribution is 5.98. The molecule has 7 aromatic rings. The molecule has 252 valence electrons. The number of halogens is 5. The third-order valence-corrected chi connectivity index (χ3v) is 8.95. The topological polar surface area (TPSA) is 68.0 Å². The normalized spacial score (nSPS) is 11.6. The van der Waals surface area contributed by atoms with E-state index in [-0.39, 0.29) is 29.9 Å². The molecule has 6 nitrogen and oxygen atoms in total. The Morgan fingerprint density at radius 3 is 1.40 bits per heavy atom. The molecule has 0 saturated heterocycles. The van der Waals surface area contributed by atoms with E-state index in [1.165, 1.54) is 12.1 Å². The van der Waals surface area contributed by atoms with Crippen molar-refractivity contribution in [3.63, 3.8) is 0 Å². The second-order valence-corrected chi connectivity index (χ2v) is 12.0. The average molecular weight is 697 g/mol. The Morgan fingerprint density at radius 2 is 0.885 bits per heavy atom. The number of hydrogen-bond donors (Lipinski definition) is 3. The van der Waals surface area contributed by atoms with Crippen LogP contribution >= 0.6 is 0 Å². The average Bonchev–Trinajstić information content (AvgIpc) is 3.99. The van der Waals surface area contributed by atoms with Gasteiger partial charge in [0.25, 0.3) is 0 Å². The third kappa shape index (κ3) is 5.19. The molecule has 0 unspecified atom stereocenters. The molecular formula is C41H25F5N6+2. The molecule has 7 heterocycles. The monoisotopic (exact) mass is 696 g/mol. The summed E-state index contributed by atoms with van der Waals surface area (Å²) in [5.74, 6) is -5.10. The summed E-state index contributed by atoms with van der Waals surface area (Å²) in [6.45, 7) is 0.437. The van der Waals surface area contributed by atoms with E-state index in [9.17, 15) is 13.2 Å². The molecule has 11 heteroatoms. The first-order valence-corrected chi connectivity index (χ1v) is 16.0. The molecule has 3 N–H and O–H groups in total. The lowest BCUT2D eigenvalue weighted by Crippen LogP contribution is -2.35. The standard InChI is InChI=1S/C41H23F5N6/c1-3-19-51-21-7-5-9-31(51)33-25-13-11-23(47-25)24-12-14-26(48-24)34(32-10-6-8-22-52(32)20-4-2)28-16-18-30(50-28)35(29-17-15-27(33)49-29)36-37(42)39(44)41(46)40(45)38(36)43/h1-2,5-18,21-22H,19-20H2,(H,49,50)/p+2. The molecule has 52 heavy (non-hydrogen) atoms. The van der Waals surface area contributed by atoms with Crippen molar-refractivity contribution in [1.82, 2.24) is 19.9 Å². The van der Waals surface area contributed by atoms with Crippen LogP contribution in [0.5, 0.6) is 0 Å². The fourth-order valence-electron chi connectivity index (χ4n) is 6.66. The van der Waals surface area contributed by atoms with Crippen molar-refractivity contribution in [2.75, 3.05) is 0 Å². The van der Waals surface area contributed by atoms with E-state index in [0.29, 0.717) is 44.8 Å². The van der Waals surface area contributed by atoms with Gasteiger partial charge in [-0.2, -0.15) is 9.13 Å². The molecule has 8 bridgehead atoms. The molecule has 0 radical (unpaired) electrons. The molecule has 0 fully saturated rings. The van der Waals surface area contributed by atoms with Gasteiger partial charge < -0.3 is 15.0 Å². The molecule has 0 atom stereocenters. The third-order valence-electron chi connectivity index (χ3n) is 8.95. The smallest absolute Gasteiger partial charge is 0.217 e. The van der Waals surface area contributed by atoms with Gasteiger partial charge in [-0.15, -0.1) is 12.8 Å². The minimum absolute atomic E-state index is 0.0459. The number of H-pyrrole nitrogens is 3. The number of aromatic amines is 3. The van der Waals surface area contributed by atoms with Gasteiger partial charge in [-0.05, 0) is 72.5 Å². The van der Waals surface area contributed by atoms with Crippen LogP contribution in [-0.4, -0.2) is 19.9 Å². The summed E-state index contributed by atoms with van der Waals surface area (Å²) >= 11 is 0. The van der Waals surface area contributed by atoms with Crippen LogP contribution in [0.1, 0.15) is 11.4 Å². The van der Waals surface area contributed by atoms with Crippen LogP contribution in [-0.2, 0) is 13.1 Å². The summed E-state index contributed by atoms with van der Waals surface area (Å²) in [7, 11) is 0. The van der Waals surface area contributed by atoms with E-state index in [1.54, 1.807) is 12.1 Å². The summed E-state index contributed by atoms with van der Waals surface area (Å²) in [6.07, 6.45) is 18.2. The number of terminal acetylenes is 2. The molecule has 0 amide bonds. The molecule has 0 spiro atoms. The lowest BCUT2D eigenvalue weighted by molar-refractivity contribution is -0.674. The van der Waals surface area contributed by atoms with Crippen LogP contribution < -0.4 is 9.13 Å². The number of nitrogens with zero attached hydrogens (tertiary/aromatic N) is 3. The molecule has 6 aromatic heterocycles. The quantitative estimate of drug-likeness (QED) is 0.0549. The van der Waals surface area contributed by atoms with E-state index >= 15 is 8.78 Å². The Balaban J connectivity index is 1.60. The second-order valence-electron chi connectivity index (χ2n) is 12.0. The molecule has 0 saturated carbocycles. The SMILES string of the molecule is C#CC[n+]1ccccc1-c1c2nc(c(-c3c(F)c(F)c(F)c(F)c3F)c3ccc([nH]3)c(-c3cccc[n+]3CC#C)c3ccc([nH]3)c3ccc1[nH]3)C=C2. The van der Waals surface area contributed by atoms with Crippen LogP contribution in [0.2, 0.25) is 0 Å². The first kappa shape index (κ1) is 32.2. The van der Waals surface area contributed by atoms with Gasteiger partial charge in [0, 0.05) is 35.3 Å². The maximum Gasteiger partial charge on any atom is 0.217 e. The number of hydrogen-bond acceptors (Lipinski definition) is 1. The minimum Gasteiger partial charge on any atom is -0.354 e. The van der Waals surface area contributed by atoms with Gasteiger partial charge in [-0.1, -0.05) is 0 Å². The van der Waals surface area contributed by atoms with Crippen LogP contribution in [0.15, 0.2) is 85.2 Å². The number of benzene rings is 1. The number of aromatic nitrogens is 6. The van der Waals surface area contributed by atoms with Crippen molar-refractivity contribution in [3.8, 4) is 58.3 Å². The van der Waals surface area contributed by atoms with Gasteiger partial charge in [-0.3, -0.25) is 0 Å². The predicted octanol–water partition coefficient (Wildman–Crippen LogP) is 8.23. The molecule has 1 aliphatic heterocycles. The molecule has 8 rings (SSSR count). The lowest BCUT2D eigenvalue weighted by atomic mass is 10.0. The zero-order chi connectivity index (χ0) is 36.1. The zero-order valence-corrected chi connectivity index (χ0v) is 27.0. The highest BCUT2D eigenvalue weighted by Gasteiger charge is 2.30. The van der Waals surface area contributed by atoms with Crippen molar-refractivity contribution < 1.29 is 31.1 Å². The van der Waals surface area contributed by atoms with Crippen LogP contribution in [0, 0.1) is 53.8 Å². The predicted molar refractivity (Wildman–Crippen MR) is 189 cm³/mol. The van der Waals surface area contributed by atoms with Gasteiger partial charge in [0.05, 0.1) is 55.7 Å². The summed E-state index contributed by atoms with van der Waals surface area (Å²) < 4.78 is 79.3. The summed E-state index contributed by atoms with van der Waals surface area (Å²) in [4.78, 5) is 15.0. The Kier molecular flexibility index (Phi) is 7.89. The maximum atomic E-state index is 15.8. The van der Waals surface area contributed by atoms with Crippen LogP contribution in [0.25, 0.3) is 78.9 Å². The summed E-state index contributed by atoms with van der Waals surface area (Å²) in [5, 5.41) is 0. The van der Waals surface area contributed by atoms with E-state index in [2.05, 4.69) is 26.8 Å². The van der Waals surface area contributed by atoms with Crippen molar-refractivity contribution in [3.05, 3.63) is 126 Å². The van der Waals surface area contributed by atoms with Crippen molar-refractivity contribution >= 4 is 45.3 Å². The van der Waals surface area contributed by atoms with Crippen molar-refractivity contribution in [2.24, 2.45) is 0 Å². The van der Waals surface area contributed by atoms with Gasteiger partial charge in [0.2, 0.25) is 30.3 Å². The highest BCUT2D eigenvalue weighted by Crippen LogP contribution is 2.39. The first-order valence-electron chi connectivity index (χ1n) is 16.0. The van der Waals surface area contributed by atoms with Crippen LogP contribution in [0.4, 0.5) is 22.0 Å². The first-order chi connectivity index (χ1) is 25.3. The fourth-order valence-corrected chi connectivity index (χ4v) is 6.66. The van der Waals surface area contributed by atoms with E-state index < -0.39 is 34.6 Å². The Morgan fingerprint density at radius 1 is 0.481 bits per heavy atom. The second kappa shape index (κ2) is 12.7. The Labute approximate surface area is 292 Å². The van der Waals surface area contributed by atoms with E-state index in [1.807, 2.05) is 82.2 Å². The Bertz CT molecular complexity index is 2820. The highest BCUT2D eigenvalue weighted by atomic mass is 19.2. The molecule has 1 aromatic carbocycles. The number of rotatable bonds is 5. The van der Waals surface area contributed by atoms with Gasteiger partial charge >= 0.3 is 0 Å². The zero-order valence-electron chi connectivity index (χ0n) is 27.0. The van der Waals surface area contributed by atoms with E-state index in [4.69, 9.17) is 17.8 Å². The minimum atomic E-state index is -2.26. The molecular weight excluding hydrogens is 671 g/mol.